The van der Waals surface area contributed by atoms with Crippen LogP contribution in [-0.2, 0) is 11.3 Å². The van der Waals surface area contributed by atoms with Gasteiger partial charge in [0, 0.05) is 31.2 Å². The fraction of sp³-hybridized carbons (Fsp3) is 0.333. The van der Waals surface area contributed by atoms with Gasteiger partial charge in [0.15, 0.2) is 22.8 Å². The minimum absolute atomic E-state index is 0.354. The van der Waals surface area contributed by atoms with Crippen molar-refractivity contribution in [2.75, 3.05) is 12.4 Å². The van der Waals surface area contributed by atoms with E-state index in [-0.39, 0.29) is 5.91 Å². The molecule has 0 bridgehead atoms. The van der Waals surface area contributed by atoms with Gasteiger partial charge in [0.25, 0.3) is 0 Å². The molecule has 12 heteroatoms. The Bertz CT molecular complexity index is 1430. The summed E-state index contributed by atoms with van der Waals surface area (Å²) < 4.78 is 1.68. The summed E-state index contributed by atoms with van der Waals surface area (Å²) in [6.45, 7) is 4.36. The van der Waals surface area contributed by atoms with Crippen molar-refractivity contribution in [1.82, 2.24) is 34.8 Å². The van der Waals surface area contributed by atoms with Gasteiger partial charge in [0.1, 0.15) is 22.8 Å². The maximum absolute atomic E-state index is 12.2. The molecule has 4 atom stereocenters. The van der Waals surface area contributed by atoms with Crippen LogP contribution < -0.4 is 10.6 Å². The Morgan fingerprint density at radius 1 is 1.11 bits per heavy atom. The van der Waals surface area contributed by atoms with Gasteiger partial charge in [-0.1, -0.05) is 0 Å². The normalized spacial score (nSPS) is 21.6. The molecule has 1 fully saturated rings. The second kappa shape index (κ2) is 9.80. The number of pyridine rings is 2. The first kappa shape index (κ1) is 24.1. The molecule has 11 nitrogen and oxygen atoms in total. The van der Waals surface area contributed by atoms with Gasteiger partial charge in [-0.3, -0.25) is 19.3 Å². The van der Waals surface area contributed by atoms with Crippen LogP contribution in [0.1, 0.15) is 22.2 Å². The van der Waals surface area contributed by atoms with Crippen molar-refractivity contribution in [3.8, 4) is 11.4 Å². The molecule has 186 valence electrons. The maximum atomic E-state index is 12.2. The smallest absolute Gasteiger partial charge is 0.235 e. The highest BCUT2D eigenvalue weighted by Crippen LogP contribution is 2.43. The molecule has 0 aliphatic carbocycles. The number of aromatic nitrogens is 6. The van der Waals surface area contributed by atoms with E-state index in [1.165, 1.54) is 7.05 Å². The molecular weight excluding hydrogens is 480 g/mol. The molecule has 0 radical (unpaired) electrons. The molecule has 4 N–H and O–H groups in total. The first-order chi connectivity index (χ1) is 17.4. The zero-order valence-electron chi connectivity index (χ0n) is 20.0. The van der Waals surface area contributed by atoms with E-state index in [0.717, 1.165) is 34.1 Å². The Hall–Kier alpha value is -3.61. The molecule has 0 unspecified atom stereocenters. The quantitative estimate of drug-likeness (QED) is 0.303. The van der Waals surface area contributed by atoms with Crippen LogP contribution in [0.4, 0.5) is 5.82 Å². The molecule has 1 aliphatic rings. The van der Waals surface area contributed by atoms with E-state index in [9.17, 15) is 15.0 Å². The molecular formula is C24H26N8O3S. The zero-order chi connectivity index (χ0) is 25.4. The fourth-order valence-corrected chi connectivity index (χ4v) is 5.62. The Labute approximate surface area is 211 Å². The van der Waals surface area contributed by atoms with E-state index < -0.39 is 22.8 Å². The van der Waals surface area contributed by atoms with Crippen LogP contribution in [-0.4, -0.2) is 70.1 Å². The number of thioether (sulfide) groups is 1. The summed E-state index contributed by atoms with van der Waals surface area (Å²) in [5, 5.41) is 25.7. The van der Waals surface area contributed by atoms with Crippen molar-refractivity contribution in [1.29, 1.82) is 0 Å². The molecule has 36 heavy (non-hydrogen) atoms. The number of amides is 1. The summed E-state index contributed by atoms with van der Waals surface area (Å²) in [6, 6.07) is 5.86. The van der Waals surface area contributed by atoms with E-state index in [0.29, 0.717) is 29.4 Å². The molecule has 1 aliphatic heterocycles. The number of carbonyl (C=O) groups excluding carboxylic acids is 1. The van der Waals surface area contributed by atoms with E-state index in [1.807, 2.05) is 32.0 Å². The van der Waals surface area contributed by atoms with Crippen LogP contribution in [0, 0.1) is 13.8 Å². The molecule has 1 amide bonds. The number of nitrogens with zero attached hydrogens (tertiary/aromatic N) is 6. The number of aryl methyl sites for hydroxylation is 2. The number of fused-ring (bicyclic) bond motifs is 1. The van der Waals surface area contributed by atoms with Gasteiger partial charge in [-0.15, -0.1) is 11.8 Å². The number of hydrogen-bond donors (Lipinski definition) is 4. The van der Waals surface area contributed by atoms with E-state index in [1.54, 1.807) is 29.5 Å². The zero-order valence-corrected chi connectivity index (χ0v) is 20.8. The van der Waals surface area contributed by atoms with Crippen molar-refractivity contribution >= 4 is 34.7 Å². The molecule has 0 spiro atoms. The number of hydrogen-bond acceptors (Lipinski definition) is 10. The van der Waals surface area contributed by atoms with E-state index >= 15 is 0 Å². The van der Waals surface area contributed by atoms with Crippen LogP contribution in [0.5, 0.6) is 0 Å². The number of rotatable bonds is 6. The van der Waals surface area contributed by atoms with Crippen LogP contribution in [0.3, 0.4) is 0 Å². The van der Waals surface area contributed by atoms with Crippen LogP contribution in [0.25, 0.3) is 22.6 Å². The van der Waals surface area contributed by atoms with Crippen LogP contribution in [0.2, 0.25) is 0 Å². The second-order valence-corrected chi connectivity index (χ2v) is 9.95. The fourth-order valence-electron chi connectivity index (χ4n) is 4.15. The minimum atomic E-state index is -1.23. The first-order valence-electron chi connectivity index (χ1n) is 11.4. The van der Waals surface area contributed by atoms with Crippen molar-refractivity contribution in [2.45, 2.75) is 43.2 Å². The third-order valence-corrected chi connectivity index (χ3v) is 7.55. The highest BCUT2D eigenvalue weighted by molar-refractivity contribution is 8.01. The van der Waals surface area contributed by atoms with Gasteiger partial charge in [0.2, 0.25) is 5.91 Å². The third-order valence-electron chi connectivity index (χ3n) is 5.98. The second-order valence-electron chi connectivity index (χ2n) is 8.69. The molecule has 4 aromatic heterocycles. The summed E-state index contributed by atoms with van der Waals surface area (Å²) in [5.74, 6) is 0.577. The number of aliphatic hydroxyl groups is 2. The summed E-state index contributed by atoms with van der Waals surface area (Å²) >= 11 is 1.16. The van der Waals surface area contributed by atoms with Crippen LogP contribution >= 0.6 is 11.8 Å². The Morgan fingerprint density at radius 2 is 1.94 bits per heavy atom. The molecule has 1 saturated heterocycles. The highest BCUT2D eigenvalue weighted by atomic mass is 32.2. The van der Waals surface area contributed by atoms with Crippen molar-refractivity contribution in [3.05, 3.63) is 59.9 Å². The van der Waals surface area contributed by atoms with Gasteiger partial charge in [-0.25, -0.2) is 15.0 Å². The van der Waals surface area contributed by atoms with Crippen LogP contribution in [0.15, 0.2) is 43.1 Å². The number of imidazole rings is 1. The lowest BCUT2D eigenvalue weighted by Gasteiger charge is -2.17. The van der Waals surface area contributed by atoms with Gasteiger partial charge in [-0.05, 0) is 43.2 Å². The molecule has 5 heterocycles. The van der Waals surface area contributed by atoms with E-state index in [2.05, 4.69) is 25.6 Å². The predicted molar refractivity (Wildman–Crippen MR) is 136 cm³/mol. The maximum Gasteiger partial charge on any atom is 0.235 e. The summed E-state index contributed by atoms with van der Waals surface area (Å²) in [5.41, 5.74) is 4.59. The SMILES string of the molecule is CNC(=O)[C@H]1S[C@@H](n2cnc3c(NCc4cc(C)ccn4)nc(-c4cncc(C)c4)nc32)[C@H](O)[C@@H]1O. The Balaban J connectivity index is 1.58. The van der Waals surface area contributed by atoms with Gasteiger partial charge < -0.3 is 20.8 Å². The number of aliphatic hydroxyl groups excluding tert-OH is 2. The number of nitrogens with one attached hydrogen (secondary N) is 2. The number of anilines is 1. The first-order valence-corrected chi connectivity index (χ1v) is 12.3. The molecule has 0 saturated carbocycles. The van der Waals surface area contributed by atoms with Gasteiger partial charge >= 0.3 is 0 Å². The van der Waals surface area contributed by atoms with Gasteiger partial charge in [-0.2, -0.15) is 0 Å². The lowest BCUT2D eigenvalue weighted by Crippen LogP contribution is -2.39. The van der Waals surface area contributed by atoms with Crippen molar-refractivity contribution in [2.24, 2.45) is 0 Å². The number of carbonyl (C=O) groups is 1. The van der Waals surface area contributed by atoms with Gasteiger partial charge in [0.05, 0.1) is 18.6 Å². The summed E-state index contributed by atoms with van der Waals surface area (Å²) in [4.78, 5) is 34.9. The molecule has 5 rings (SSSR count). The predicted octanol–water partition coefficient (Wildman–Crippen LogP) is 1.59. The van der Waals surface area contributed by atoms with E-state index in [4.69, 9.17) is 9.97 Å². The largest absolute Gasteiger partial charge is 0.389 e. The standard InChI is InChI=1S/C24H26N8O3S/c1-12-4-5-27-15(7-12)10-28-21-16-22(31-20(30-21)14-6-13(2)8-26-9-14)32(11-29-16)24-18(34)17(33)19(36-24)23(35)25-3/h4-9,11,17-19,24,33-34H,10H2,1-3H3,(H,25,35)(H,28,30,31)/t17-,18+,19-,24+/m0/s1. The van der Waals surface area contributed by atoms with Crippen molar-refractivity contribution < 1.29 is 15.0 Å². The average molecular weight is 507 g/mol. The monoisotopic (exact) mass is 506 g/mol. The summed E-state index contributed by atoms with van der Waals surface area (Å²) in [6.07, 6.45) is 4.32. The lowest BCUT2D eigenvalue weighted by molar-refractivity contribution is -0.122. The lowest BCUT2D eigenvalue weighted by atomic mass is 10.1. The molecule has 4 aromatic rings. The highest BCUT2D eigenvalue weighted by Gasteiger charge is 2.47. The minimum Gasteiger partial charge on any atom is -0.389 e. The molecule has 0 aromatic carbocycles. The third kappa shape index (κ3) is 4.50. The Morgan fingerprint density at radius 3 is 2.69 bits per heavy atom. The summed E-state index contributed by atoms with van der Waals surface area (Å²) in [7, 11) is 1.50. The average Bonchev–Trinajstić information content (AvgIpc) is 3.43. The topological polar surface area (TPSA) is 151 Å². The Kier molecular flexibility index (Phi) is 6.56. The van der Waals surface area contributed by atoms with Crippen molar-refractivity contribution in [3.63, 3.8) is 0 Å².